The van der Waals surface area contributed by atoms with Gasteiger partial charge in [0.1, 0.15) is 0 Å². The van der Waals surface area contributed by atoms with Crippen LogP contribution < -0.4 is 4.90 Å². The molecule has 3 nitrogen and oxygen atoms in total. The maximum Gasteiger partial charge on any atom is 0.238 e. The van der Waals surface area contributed by atoms with Gasteiger partial charge in [-0.2, -0.15) is 0 Å². The summed E-state index contributed by atoms with van der Waals surface area (Å²) in [5.41, 5.74) is 0.573. The Bertz CT molecular complexity index is 581. The highest BCUT2D eigenvalue weighted by molar-refractivity contribution is 6.31. The second-order valence-electron chi connectivity index (χ2n) is 5.15. The molecule has 3 rings (SSSR count). The third-order valence-electron chi connectivity index (χ3n) is 3.94. The first-order valence-corrected chi connectivity index (χ1v) is 6.77. The molecule has 1 aromatic carbocycles. The Morgan fingerprint density at radius 2 is 2.05 bits per heavy atom. The van der Waals surface area contributed by atoms with Crippen molar-refractivity contribution in [3.8, 4) is 0 Å². The van der Waals surface area contributed by atoms with Gasteiger partial charge in [0, 0.05) is 5.02 Å². The summed E-state index contributed by atoms with van der Waals surface area (Å²) < 4.78 is 0. The molecule has 1 aliphatic carbocycles. The number of anilines is 1. The fourth-order valence-electron chi connectivity index (χ4n) is 3.02. The van der Waals surface area contributed by atoms with Crippen LogP contribution in [0.2, 0.25) is 5.02 Å². The van der Waals surface area contributed by atoms with Crippen LogP contribution in [0.25, 0.3) is 0 Å². The highest BCUT2D eigenvalue weighted by Gasteiger charge is 2.50. The number of rotatable bonds is 1. The number of amides is 2. The summed E-state index contributed by atoms with van der Waals surface area (Å²) in [4.78, 5) is 26.2. The monoisotopic (exact) mass is 275 g/mol. The number of carbonyl (C=O) groups excluding carboxylic acids is 2. The lowest BCUT2D eigenvalue weighted by atomic mass is 9.78. The smallest absolute Gasteiger partial charge is 0.238 e. The average Bonchev–Trinajstić information content (AvgIpc) is 2.63. The normalized spacial score (nSPS) is 29.8. The van der Waals surface area contributed by atoms with Gasteiger partial charge in [0.15, 0.2) is 0 Å². The van der Waals surface area contributed by atoms with Crippen molar-refractivity contribution in [2.75, 3.05) is 4.90 Å². The van der Waals surface area contributed by atoms with E-state index in [2.05, 4.69) is 0 Å². The molecule has 2 aliphatic rings. The molecule has 1 aliphatic heterocycles. The molecule has 19 heavy (non-hydrogen) atoms. The Morgan fingerprint density at radius 3 is 2.74 bits per heavy atom. The molecule has 0 N–H and O–H groups in total. The van der Waals surface area contributed by atoms with Crippen LogP contribution in [0, 0.1) is 17.8 Å². The van der Waals surface area contributed by atoms with Crippen molar-refractivity contribution in [1.82, 2.24) is 0 Å². The van der Waals surface area contributed by atoms with Crippen LogP contribution in [0.5, 0.6) is 0 Å². The van der Waals surface area contributed by atoms with Crippen molar-refractivity contribution in [3.63, 3.8) is 0 Å². The summed E-state index contributed by atoms with van der Waals surface area (Å²) in [5, 5.41) is 0.527. The standard InChI is InChI=1S/C15H14ClNO2/c1-9-4-2-7-12-13(9)15(19)17(14(12)18)11-6-3-5-10(16)8-11/h2-6,8-9,12-13H,7H2,1H3/t9-,12+,13-/m1/s1. The molecule has 2 amide bonds. The number of benzene rings is 1. The third-order valence-corrected chi connectivity index (χ3v) is 4.17. The number of nitrogens with zero attached hydrogens (tertiary/aromatic N) is 1. The van der Waals surface area contributed by atoms with Crippen LogP contribution in [0.1, 0.15) is 13.3 Å². The first-order valence-electron chi connectivity index (χ1n) is 6.39. The number of hydrogen-bond acceptors (Lipinski definition) is 2. The van der Waals surface area contributed by atoms with Gasteiger partial charge in [-0.25, -0.2) is 4.90 Å². The lowest BCUT2D eigenvalue weighted by molar-refractivity contribution is -0.122. The van der Waals surface area contributed by atoms with Crippen LogP contribution in [0.3, 0.4) is 0 Å². The van der Waals surface area contributed by atoms with Gasteiger partial charge in [-0.1, -0.05) is 36.7 Å². The van der Waals surface area contributed by atoms with E-state index in [0.717, 1.165) is 0 Å². The van der Waals surface area contributed by atoms with Crippen molar-refractivity contribution < 1.29 is 9.59 Å². The number of hydrogen-bond donors (Lipinski definition) is 0. The number of allylic oxidation sites excluding steroid dienone is 2. The van der Waals surface area contributed by atoms with E-state index in [1.165, 1.54) is 4.90 Å². The lowest BCUT2D eigenvalue weighted by Gasteiger charge is -2.22. The lowest BCUT2D eigenvalue weighted by Crippen LogP contribution is -2.31. The van der Waals surface area contributed by atoms with Crippen LogP contribution in [-0.2, 0) is 9.59 Å². The van der Waals surface area contributed by atoms with Gasteiger partial charge in [-0.05, 0) is 30.5 Å². The minimum Gasteiger partial charge on any atom is -0.274 e. The van der Waals surface area contributed by atoms with Crippen LogP contribution in [-0.4, -0.2) is 11.8 Å². The number of halogens is 1. The van der Waals surface area contributed by atoms with Crippen LogP contribution >= 0.6 is 11.6 Å². The zero-order valence-corrected chi connectivity index (χ0v) is 11.3. The Kier molecular flexibility index (Phi) is 2.94. The number of carbonyl (C=O) groups is 2. The number of fused-ring (bicyclic) bond motifs is 1. The quantitative estimate of drug-likeness (QED) is 0.583. The van der Waals surface area contributed by atoms with Gasteiger partial charge in [-0.3, -0.25) is 9.59 Å². The van der Waals surface area contributed by atoms with Crippen LogP contribution in [0.15, 0.2) is 36.4 Å². The Labute approximate surface area is 116 Å². The molecule has 1 saturated heterocycles. The Hall–Kier alpha value is -1.61. The summed E-state index contributed by atoms with van der Waals surface area (Å²) in [6, 6.07) is 6.89. The molecule has 0 bridgehead atoms. The molecule has 0 spiro atoms. The van der Waals surface area contributed by atoms with E-state index in [4.69, 9.17) is 11.6 Å². The maximum absolute atomic E-state index is 12.5. The molecule has 0 radical (unpaired) electrons. The minimum absolute atomic E-state index is 0.103. The van der Waals surface area contributed by atoms with E-state index >= 15 is 0 Å². The molecule has 3 atom stereocenters. The van der Waals surface area contributed by atoms with Crippen molar-refractivity contribution >= 4 is 29.1 Å². The Morgan fingerprint density at radius 1 is 1.26 bits per heavy atom. The van der Waals surface area contributed by atoms with Gasteiger partial charge in [0.25, 0.3) is 0 Å². The number of imide groups is 1. The highest BCUT2D eigenvalue weighted by atomic mass is 35.5. The summed E-state index contributed by atoms with van der Waals surface area (Å²) in [6.07, 6.45) is 4.67. The van der Waals surface area contributed by atoms with E-state index in [0.29, 0.717) is 17.1 Å². The largest absolute Gasteiger partial charge is 0.274 e. The molecule has 98 valence electrons. The van der Waals surface area contributed by atoms with E-state index in [9.17, 15) is 9.59 Å². The zero-order valence-electron chi connectivity index (χ0n) is 10.5. The molecule has 1 fully saturated rings. The SMILES string of the molecule is C[C@@H]1C=CC[C@@H]2C(=O)N(c3cccc(Cl)c3)C(=O)[C@H]12. The third kappa shape index (κ3) is 1.89. The zero-order chi connectivity index (χ0) is 13.6. The van der Waals surface area contributed by atoms with Crippen LogP contribution in [0.4, 0.5) is 5.69 Å². The molecule has 4 heteroatoms. The van der Waals surface area contributed by atoms with Crippen molar-refractivity contribution in [2.24, 2.45) is 17.8 Å². The molecular formula is C15H14ClNO2. The van der Waals surface area contributed by atoms with E-state index < -0.39 is 0 Å². The molecule has 0 aromatic heterocycles. The summed E-state index contributed by atoms with van der Waals surface area (Å²) in [6.45, 7) is 1.99. The van der Waals surface area contributed by atoms with Crippen molar-refractivity contribution in [3.05, 3.63) is 41.4 Å². The van der Waals surface area contributed by atoms with Gasteiger partial charge >= 0.3 is 0 Å². The van der Waals surface area contributed by atoms with Crippen molar-refractivity contribution in [1.29, 1.82) is 0 Å². The first kappa shape index (κ1) is 12.4. The topological polar surface area (TPSA) is 37.4 Å². The predicted molar refractivity (Wildman–Crippen MR) is 73.8 cm³/mol. The minimum atomic E-state index is -0.225. The van der Waals surface area contributed by atoms with E-state index in [1.807, 2.05) is 19.1 Å². The molecular weight excluding hydrogens is 262 g/mol. The van der Waals surface area contributed by atoms with Gasteiger partial charge < -0.3 is 0 Å². The van der Waals surface area contributed by atoms with Gasteiger partial charge in [0.2, 0.25) is 11.8 Å². The Balaban J connectivity index is 2.01. The predicted octanol–water partition coefficient (Wildman–Crippen LogP) is 3.04. The van der Waals surface area contributed by atoms with E-state index in [1.54, 1.807) is 24.3 Å². The molecule has 0 saturated carbocycles. The second-order valence-corrected chi connectivity index (χ2v) is 5.58. The summed E-state index contributed by atoms with van der Waals surface area (Å²) in [7, 11) is 0. The first-order chi connectivity index (χ1) is 9.09. The summed E-state index contributed by atoms with van der Waals surface area (Å²) in [5.74, 6) is -0.537. The second kappa shape index (κ2) is 4.49. The molecule has 1 aromatic rings. The van der Waals surface area contributed by atoms with Gasteiger partial charge in [-0.15, -0.1) is 0 Å². The fourth-order valence-corrected chi connectivity index (χ4v) is 3.20. The average molecular weight is 276 g/mol. The molecule has 0 unspecified atom stereocenters. The highest BCUT2D eigenvalue weighted by Crippen LogP contribution is 2.40. The summed E-state index contributed by atoms with van der Waals surface area (Å²) >= 11 is 5.94. The maximum atomic E-state index is 12.5. The van der Waals surface area contributed by atoms with E-state index in [-0.39, 0.29) is 29.6 Å². The fraction of sp³-hybridized carbons (Fsp3) is 0.333. The molecule has 1 heterocycles. The van der Waals surface area contributed by atoms with Gasteiger partial charge in [0.05, 0.1) is 17.5 Å². The van der Waals surface area contributed by atoms with Crippen molar-refractivity contribution in [2.45, 2.75) is 13.3 Å².